The Labute approximate surface area is 72.5 Å². The van der Waals surface area contributed by atoms with Gasteiger partial charge in [0.05, 0.1) is 0 Å². The van der Waals surface area contributed by atoms with Crippen molar-refractivity contribution in [2.75, 3.05) is 0 Å². The SMILES string of the molecule is C=C(C)c1cc(C)ccc1Cl. The average molecular weight is 167 g/mol. The summed E-state index contributed by atoms with van der Waals surface area (Å²) in [5, 5.41) is 0.781. The fourth-order valence-electron chi connectivity index (χ4n) is 0.966. The molecular weight excluding hydrogens is 156 g/mol. The maximum Gasteiger partial charge on any atom is 0.0481 e. The van der Waals surface area contributed by atoms with Gasteiger partial charge in [-0.25, -0.2) is 0 Å². The summed E-state index contributed by atoms with van der Waals surface area (Å²) in [4.78, 5) is 0. The normalized spacial score (nSPS) is 9.73. The number of allylic oxidation sites excluding steroid dienone is 1. The summed E-state index contributed by atoms with van der Waals surface area (Å²) >= 11 is 5.93. The molecule has 0 heterocycles. The molecule has 0 nitrogen and oxygen atoms in total. The van der Waals surface area contributed by atoms with Gasteiger partial charge < -0.3 is 0 Å². The molecule has 0 saturated carbocycles. The van der Waals surface area contributed by atoms with Gasteiger partial charge in [-0.1, -0.05) is 35.9 Å². The molecular formula is C10H11Cl. The molecule has 0 fully saturated rings. The summed E-state index contributed by atoms with van der Waals surface area (Å²) in [6.45, 7) is 7.85. The zero-order valence-corrected chi connectivity index (χ0v) is 7.57. The van der Waals surface area contributed by atoms with E-state index in [1.165, 1.54) is 5.56 Å². The number of benzene rings is 1. The highest BCUT2D eigenvalue weighted by Crippen LogP contribution is 2.23. The molecule has 0 bridgehead atoms. The Morgan fingerprint density at radius 1 is 1.45 bits per heavy atom. The number of halogens is 1. The molecule has 0 aliphatic heterocycles. The molecule has 0 atom stereocenters. The molecule has 0 aliphatic carbocycles. The highest BCUT2D eigenvalue weighted by molar-refractivity contribution is 6.32. The molecule has 0 amide bonds. The van der Waals surface area contributed by atoms with Crippen molar-refractivity contribution in [3.8, 4) is 0 Å². The minimum absolute atomic E-state index is 0.781. The van der Waals surface area contributed by atoms with Crippen LogP contribution in [0.15, 0.2) is 24.8 Å². The van der Waals surface area contributed by atoms with Crippen molar-refractivity contribution < 1.29 is 0 Å². The van der Waals surface area contributed by atoms with E-state index >= 15 is 0 Å². The van der Waals surface area contributed by atoms with Gasteiger partial charge >= 0.3 is 0 Å². The van der Waals surface area contributed by atoms with Crippen LogP contribution < -0.4 is 0 Å². The van der Waals surface area contributed by atoms with Crippen LogP contribution in [0, 0.1) is 6.92 Å². The van der Waals surface area contributed by atoms with Gasteiger partial charge in [0.1, 0.15) is 0 Å². The van der Waals surface area contributed by atoms with E-state index in [1.807, 2.05) is 32.0 Å². The van der Waals surface area contributed by atoms with Crippen molar-refractivity contribution >= 4 is 17.2 Å². The molecule has 1 aromatic rings. The Morgan fingerprint density at radius 2 is 2.09 bits per heavy atom. The molecule has 0 radical (unpaired) electrons. The predicted molar refractivity (Wildman–Crippen MR) is 50.9 cm³/mol. The lowest BCUT2D eigenvalue weighted by Gasteiger charge is -2.03. The third-order valence-electron chi connectivity index (χ3n) is 1.58. The van der Waals surface area contributed by atoms with E-state index in [-0.39, 0.29) is 0 Å². The Hall–Kier alpha value is -0.750. The summed E-state index contributed by atoms with van der Waals surface area (Å²) < 4.78 is 0. The minimum atomic E-state index is 0.781. The lowest BCUT2D eigenvalue weighted by Crippen LogP contribution is -1.81. The number of aryl methyl sites for hydroxylation is 1. The van der Waals surface area contributed by atoms with E-state index in [0.29, 0.717) is 0 Å². The van der Waals surface area contributed by atoms with Crippen LogP contribution in [0.1, 0.15) is 18.1 Å². The van der Waals surface area contributed by atoms with Crippen molar-refractivity contribution in [3.05, 3.63) is 40.9 Å². The van der Waals surface area contributed by atoms with E-state index in [0.717, 1.165) is 16.2 Å². The maximum absolute atomic E-state index is 5.93. The molecule has 0 saturated heterocycles. The molecule has 11 heavy (non-hydrogen) atoms. The van der Waals surface area contributed by atoms with Gasteiger partial charge in [-0.2, -0.15) is 0 Å². The second-order valence-electron chi connectivity index (χ2n) is 2.76. The lowest BCUT2D eigenvalue weighted by molar-refractivity contribution is 1.44. The number of hydrogen-bond acceptors (Lipinski definition) is 0. The van der Waals surface area contributed by atoms with Crippen LogP contribution in [0.3, 0.4) is 0 Å². The fraction of sp³-hybridized carbons (Fsp3) is 0.200. The van der Waals surface area contributed by atoms with Crippen molar-refractivity contribution in [2.45, 2.75) is 13.8 Å². The summed E-state index contributed by atoms with van der Waals surface area (Å²) in [7, 11) is 0. The molecule has 0 aromatic heterocycles. The second-order valence-corrected chi connectivity index (χ2v) is 3.17. The fourth-order valence-corrected chi connectivity index (χ4v) is 1.25. The molecule has 1 rings (SSSR count). The van der Waals surface area contributed by atoms with Crippen LogP contribution in [0.5, 0.6) is 0 Å². The van der Waals surface area contributed by atoms with E-state index in [2.05, 4.69) is 6.58 Å². The van der Waals surface area contributed by atoms with E-state index in [9.17, 15) is 0 Å². The van der Waals surface area contributed by atoms with Crippen LogP contribution in [-0.2, 0) is 0 Å². The Balaban J connectivity index is 3.23. The quantitative estimate of drug-likeness (QED) is 0.597. The van der Waals surface area contributed by atoms with E-state index in [1.54, 1.807) is 0 Å². The van der Waals surface area contributed by atoms with Gasteiger partial charge in [-0.15, -0.1) is 0 Å². The summed E-state index contributed by atoms with van der Waals surface area (Å²) in [6, 6.07) is 5.94. The summed E-state index contributed by atoms with van der Waals surface area (Å²) in [5.41, 5.74) is 3.28. The van der Waals surface area contributed by atoms with Crippen molar-refractivity contribution in [2.24, 2.45) is 0 Å². The molecule has 1 aromatic carbocycles. The molecule has 0 spiro atoms. The van der Waals surface area contributed by atoms with Crippen molar-refractivity contribution in [1.29, 1.82) is 0 Å². The number of rotatable bonds is 1. The third-order valence-corrected chi connectivity index (χ3v) is 1.91. The topological polar surface area (TPSA) is 0 Å². The molecule has 1 heteroatoms. The average Bonchev–Trinajstić information content (AvgIpc) is 1.94. The molecule has 0 aliphatic rings. The van der Waals surface area contributed by atoms with Crippen LogP contribution >= 0.6 is 11.6 Å². The molecule has 0 N–H and O–H groups in total. The molecule has 58 valence electrons. The first-order chi connectivity index (χ1) is 5.11. The van der Waals surface area contributed by atoms with Crippen LogP contribution in [-0.4, -0.2) is 0 Å². The Kier molecular flexibility index (Phi) is 2.35. The van der Waals surface area contributed by atoms with E-state index < -0.39 is 0 Å². The molecule has 0 unspecified atom stereocenters. The van der Waals surface area contributed by atoms with Crippen molar-refractivity contribution in [3.63, 3.8) is 0 Å². The first-order valence-electron chi connectivity index (χ1n) is 3.53. The first kappa shape index (κ1) is 8.35. The third kappa shape index (κ3) is 1.84. The second kappa shape index (κ2) is 3.10. The van der Waals surface area contributed by atoms with Crippen LogP contribution in [0.4, 0.5) is 0 Å². The zero-order chi connectivity index (χ0) is 8.43. The summed E-state index contributed by atoms with van der Waals surface area (Å²) in [6.07, 6.45) is 0. The standard InChI is InChI=1S/C10H11Cl/c1-7(2)9-6-8(3)4-5-10(9)11/h4-6H,1H2,2-3H3. The smallest absolute Gasteiger partial charge is 0.0481 e. The zero-order valence-electron chi connectivity index (χ0n) is 6.82. The van der Waals surface area contributed by atoms with Gasteiger partial charge in [0.2, 0.25) is 0 Å². The minimum Gasteiger partial charge on any atom is -0.0955 e. The van der Waals surface area contributed by atoms with Crippen LogP contribution in [0.25, 0.3) is 5.57 Å². The largest absolute Gasteiger partial charge is 0.0955 e. The highest BCUT2D eigenvalue weighted by Gasteiger charge is 1.99. The predicted octanol–water partition coefficient (Wildman–Crippen LogP) is 3.68. The highest BCUT2D eigenvalue weighted by atomic mass is 35.5. The monoisotopic (exact) mass is 166 g/mol. The van der Waals surface area contributed by atoms with Gasteiger partial charge in [-0.05, 0) is 31.1 Å². The van der Waals surface area contributed by atoms with Gasteiger partial charge in [0, 0.05) is 5.02 Å². The van der Waals surface area contributed by atoms with E-state index in [4.69, 9.17) is 11.6 Å². The van der Waals surface area contributed by atoms with Gasteiger partial charge in [-0.3, -0.25) is 0 Å². The van der Waals surface area contributed by atoms with Crippen LogP contribution in [0.2, 0.25) is 5.02 Å². The summed E-state index contributed by atoms with van der Waals surface area (Å²) in [5.74, 6) is 0. The first-order valence-corrected chi connectivity index (χ1v) is 3.91. The Bertz CT molecular complexity index is 287. The Morgan fingerprint density at radius 3 is 2.55 bits per heavy atom. The van der Waals surface area contributed by atoms with Gasteiger partial charge in [0.15, 0.2) is 0 Å². The lowest BCUT2D eigenvalue weighted by atomic mass is 10.1. The van der Waals surface area contributed by atoms with Gasteiger partial charge in [0.25, 0.3) is 0 Å². The maximum atomic E-state index is 5.93. The van der Waals surface area contributed by atoms with Crippen molar-refractivity contribution in [1.82, 2.24) is 0 Å². The number of hydrogen-bond donors (Lipinski definition) is 0.